The predicted molar refractivity (Wildman–Crippen MR) is 99.1 cm³/mol. The third-order valence-corrected chi connectivity index (χ3v) is 4.48. The first-order valence-corrected chi connectivity index (χ1v) is 8.90. The number of thioether (sulfide) groups is 1. The highest BCUT2D eigenvalue weighted by Crippen LogP contribution is 2.22. The maximum absolute atomic E-state index is 11.8. The normalized spacial score (nSPS) is 10.2. The summed E-state index contributed by atoms with van der Waals surface area (Å²) in [4.78, 5) is 24.0. The zero-order valence-corrected chi connectivity index (χ0v) is 15.2. The summed E-state index contributed by atoms with van der Waals surface area (Å²) in [5, 5.41) is 3.47. The molecule has 0 aromatic heterocycles. The van der Waals surface area contributed by atoms with Gasteiger partial charge < -0.3 is 14.8 Å². The largest absolute Gasteiger partial charge is 0.497 e. The number of hydrogen-bond acceptors (Lipinski definition) is 5. The summed E-state index contributed by atoms with van der Waals surface area (Å²) < 4.78 is 10.4. The minimum atomic E-state index is -0.246. The Morgan fingerprint density at radius 1 is 1.24 bits per heavy atom. The van der Waals surface area contributed by atoms with Crippen LogP contribution in [0, 0.1) is 0 Å². The fourth-order valence-corrected chi connectivity index (χ4v) is 2.86. The van der Waals surface area contributed by atoms with E-state index in [0.717, 1.165) is 10.6 Å². The standard InChI is InChI=1S/C18H18ClNO4S/c1-23-15-4-7-17(13(10-15)11-21)24-12-18(22)20-8-9-25-16-5-2-14(19)3-6-16/h2-7,10-11H,8-9,12H2,1H3,(H,20,22). The van der Waals surface area contributed by atoms with E-state index in [1.165, 1.54) is 7.11 Å². The number of nitrogens with one attached hydrogen (secondary N) is 1. The maximum atomic E-state index is 11.8. The molecule has 0 aliphatic rings. The van der Waals surface area contributed by atoms with E-state index in [1.807, 2.05) is 24.3 Å². The summed E-state index contributed by atoms with van der Waals surface area (Å²) in [6.45, 7) is 0.359. The van der Waals surface area contributed by atoms with Gasteiger partial charge in [-0.3, -0.25) is 9.59 Å². The number of benzene rings is 2. The highest BCUT2D eigenvalue weighted by Gasteiger charge is 2.08. The molecule has 0 bridgehead atoms. The molecule has 0 saturated heterocycles. The number of carbonyl (C=O) groups excluding carboxylic acids is 2. The lowest BCUT2D eigenvalue weighted by Gasteiger charge is -2.10. The van der Waals surface area contributed by atoms with Gasteiger partial charge in [0.15, 0.2) is 12.9 Å². The van der Waals surface area contributed by atoms with Crippen molar-refractivity contribution >= 4 is 35.6 Å². The first kappa shape index (κ1) is 19.1. The van der Waals surface area contributed by atoms with Gasteiger partial charge in [0, 0.05) is 22.2 Å². The number of ether oxygens (including phenoxy) is 2. The van der Waals surface area contributed by atoms with Crippen molar-refractivity contribution in [1.82, 2.24) is 5.32 Å². The Hall–Kier alpha value is -2.18. The molecule has 0 fully saturated rings. The van der Waals surface area contributed by atoms with Crippen LogP contribution in [0.3, 0.4) is 0 Å². The van der Waals surface area contributed by atoms with Gasteiger partial charge in [0.1, 0.15) is 11.5 Å². The molecule has 0 saturated carbocycles. The van der Waals surface area contributed by atoms with Gasteiger partial charge in [0.2, 0.25) is 0 Å². The molecule has 2 rings (SSSR count). The van der Waals surface area contributed by atoms with Crippen LogP contribution in [0.15, 0.2) is 47.4 Å². The molecule has 1 N–H and O–H groups in total. The van der Waals surface area contributed by atoms with Crippen LogP contribution in [0.1, 0.15) is 10.4 Å². The number of hydrogen-bond donors (Lipinski definition) is 1. The quantitative estimate of drug-likeness (QED) is 0.410. The van der Waals surface area contributed by atoms with Gasteiger partial charge in [-0.05, 0) is 42.5 Å². The van der Waals surface area contributed by atoms with Crippen LogP contribution >= 0.6 is 23.4 Å². The van der Waals surface area contributed by atoms with Gasteiger partial charge in [-0.25, -0.2) is 0 Å². The molecule has 2 aromatic carbocycles. The van der Waals surface area contributed by atoms with E-state index in [0.29, 0.717) is 34.9 Å². The van der Waals surface area contributed by atoms with E-state index in [-0.39, 0.29) is 12.5 Å². The lowest BCUT2D eigenvalue weighted by atomic mass is 10.2. The molecule has 0 spiro atoms. The van der Waals surface area contributed by atoms with E-state index >= 15 is 0 Å². The Balaban J connectivity index is 1.72. The van der Waals surface area contributed by atoms with E-state index in [4.69, 9.17) is 21.1 Å². The first-order chi connectivity index (χ1) is 12.1. The lowest BCUT2D eigenvalue weighted by molar-refractivity contribution is -0.122. The van der Waals surface area contributed by atoms with Crippen LogP contribution in [0.25, 0.3) is 0 Å². The SMILES string of the molecule is COc1ccc(OCC(=O)NCCSc2ccc(Cl)cc2)c(C=O)c1. The highest BCUT2D eigenvalue weighted by molar-refractivity contribution is 7.99. The number of amides is 1. The molecule has 2 aromatic rings. The smallest absolute Gasteiger partial charge is 0.257 e. The average Bonchev–Trinajstić information content (AvgIpc) is 2.64. The average molecular weight is 380 g/mol. The van der Waals surface area contributed by atoms with Gasteiger partial charge in [-0.15, -0.1) is 11.8 Å². The molecule has 0 aliphatic heterocycles. The van der Waals surface area contributed by atoms with Gasteiger partial charge in [-0.1, -0.05) is 11.6 Å². The molecule has 0 radical (unpaired) electrons. The van der Waals surface area contributed by atoms with E-state index < -0.39 is 0 Å². The van der Waals surface area contributed by atoms with E-state index in [1.54, 1.807) is 30.0 Å². The van der Waals surface area contributed by atoms with Crippen LogP contribution in [0.5, 0.6) is 11.5 Å². The van der Waals surface area contributed by atoms with Gasteiger partial charge in [0.05, 0.1) is 12.7 Å². The Bertz CT molecular complexity index is 722. The number of aldehydes is 1. The van der Waals surface area contributed by atoms with Crippen molar-refractivity contribution in [3.8, 4) is 11.5 Å². The highest BCUT2D eigenvalue weighted by atomic mass is 35.5. The summed E-state index contributed by atoms with van der Waals surface area (Å²) >= 11 is 7.45. The van der Waals surface area contributed by atoms with Gasteiger partial charge >= 0.3 is 0 Å². The molecular formula is C18H18ClNO4S. The second-order valence-electron chi connectivity index (χ2n) is 4.96. The fraction of sp³-hybridized carbons (Fsp3) is 0.222. The van der Waals surface area contributed by atoms with Crippen molar-refractivity contribution < 1.29 is 19.1 Å². The Morgan fingerprint density at radius 3 is 2.68 bits per heavy atom. The molecule has 7 heteroatoms. The molecule has 5 nitrogen and oxygen atoms in total. The van der Waals surface area contributed by atoms with Gasteiger partial charge in [-0.2, -0.15) is 0 Å². The monoisotopic (exact) mass is 379 g/mol. The fourth-order valence-electron chi connectivity index (χ4n) is 1.96. The third-order valence-electron chi connectivity index (χ3n) is 3.21. The van der Waals surface area contributed by atoms with E-state index in [2.05, 4.69) is 5.32 Å². The summed E-state index contributed by atoms with van der Waals surface area (Å²) in [5.41, 5.74) is 0.338. The van der Waals surface area contributed by atoms with Crippen molar-refractivity contribution in [3.63, 3.8) is 0 Å². The lowest BCUT2D eigenvalue weighted by Crippen LogP contribution is -2.30. The van der Waals surface area contributed by atoms with E-state index in [9.17, 15) is 9.59 Å². The number of carbonyl (C=O) groups is 2. The molecule has 0 heterocycles. The van der Waals surface area contributed by atoms with Crippen molar-refractivity contribution in [2.24, 2.45) is 0 Å². The number of rotatable bonds is 9. The number of halogens is 1. The molecule has 132 valence electrons. The summed E-state index contributed by atoms with van der Waals surface area (Å²) in [7, 11) is 1.51. The Kier molecular flexibility index (Phi) is 7.63. The molecule has 25 heavy (non-hydrogen) atoms. The molecule has 1 amide bonds. The summed E-state index contributed by atoms with van der Waals surface area (Å²) in [6.07, 6.45) is 0.665. The second-order valence-corrected chi connectivity index (χ2v) is 6.57. The van der Waals surface area contributed by atoms with Crippen LogP contribution in [-0.4, -0.2) is 38.2 Å². The molecule has 0 atom stereocenters. The summed E-state index contributed by atoms with van der Waals surface area (Å²) in [5.74, 6) is 1.39. The zero-order valence-electron chi connectivity index (χ0n) is 13.7. The zero-order chi connectivity index (χ0) is 18.1. The minimum absolute atomic E-state index is 0.154. The van der Waals surface area contributed by atoms with Crippen molar-refractivity contribution in [1.29, 1.82) is 0 Å². The third kappa shape index (κ3) is 6.32. The second kappa shape index (κ2) is 9.96. The van der Waals surface area contributed by atoms with Gasteiger partial charge in [0.25, 0.3) is 5.91 Å². The van der Waals surface area contributed by atoms with Crippen molar-refractivity contribution in [2.75, 3.05) is 26.0 Å². The van der Waals surface area contributed by atoms with Crippen LogP contribution in [0.4, 0.5) is 0 Å². The van der Waals surface area contributed by atoms with Crippen LogP contribution in [-0.2, 0) is 4.79 Å². The molecule has 0 unspecified atom stereocenters. The van der Waals surface area contributed by atoms with Crippen molar-refractivity contribution in [2.45, 2.75) is 4.90 Å². The van der Waals surface area contributed by atoms with Crippen molar-refractivity contribution in [3.05, 3.63) is 53.1 Å². The summed E-state index contributed by atoms with van der Waals surface area (Å²) in [6, 6.07) is 12.4. The number of methoxy groups -OCH3 is 1. The van der Waals surface area contributed by atoms with Crippen LogP contribution in [0.2, 0.25) is 5.02 Å². The molecule has 0 aliphatic carbocycles. The predicted octanol–water partition coefficient (Wildman–Crippen LogP) is 3.45. The topological polar surface area (TPSA) is 64.6 Å². The minimum Gasteiger partial charge on any atom is -0.497 e. The Labute approximate surface area is 155 Å². The Morgan fingerprint density at radius 2 is 2.00 bits per heavy atom. The first-order valence-electron chi connectivity index (χ1n) is 7.53. The van der Waals surface area contributed by atoms with Crippen LogP contribution < -0.4 is 14.8 Å². The maximum Gasteiger partial charge on any atom is 0.257 e. The molecular weight excluding hydrogens is 362 g/mol.